The standard InChI is InChI=1S/C14H16O2/c1-16-14-8-4-12(5-9-14)10-11-2-6-13(15)7-3-11/h2-4,6-8,15H,5,9-10H2,1H3. The zero-order chi connectivity index (χ0) is 11.4. The summed E-state index contributed by atoms with van der Waals surface area (Å²) in [6, 6.07) is 7.39. The van der Waals surface area contributed by atoms with Crippen LogP contribution in [0.3, 0.4) is 0 Å². The van der Waals surface area contributed by atoms with Gasteiger partial charge >= 0.3 is 0 Å². The predicted octanol–water partition coefficient (Wildman–Crippen LogP) is 3.19. The second kappa shape index (κ2) is 4.88. The molecule has 1 aliphatic carbocycles. The Bertz CT molecular complexity index is 413. The van der Waals surface area contributed by atoms with E-state index in [1.165, 1.54) is 11.1 Å². The summed E-state index contributed by atoms with van der Waals surface area (Å²) in [6.07, 6.45) is 7.17. The van der Waals surface area contributed by atoms with Gasteiger partial charge in [0.1, 0.15) is 5.75 Å². The zero-order valence-electron chi connectivity index (χ0n) is 9.44. The van der Waals surface area contributed by atoms with Crippen LogP contribution in [0.5, 0.6) is 5.75 Å². The number of methoxy groups -OCH3 is 1. The van der Waals surface area contributed by atoms with Gasteiger partial charge in [0, 0.05) is 6.42 Å². The minimum absolute atomic E-state index is 0.322. The maximum absolute atomic E-state index is 9.19. The minimum Gasteiger partial charge on any atom is -0.508 e. The summed E-state index contributed by atoms with van der Waals surface area (Å²) >= 11 is 0. The lowest BCUT2D eigenvalue weighted by molar-refractivity contribution is 0.275. The fourth-order valence-corrected chi connectivity index (χ4v) is 1.85. The Morgan fingerprint density at radius 3 is 2.44 bits per heavy atom. The molecule has 0 aliphatic heterocycles. The van der Waals surface area contributed by atoms with Crippen LogP contribution in [0.2, 0.25) is 0 Å². The van der Waals surface area contributed by atoms with Crippen LogP contribution in [0.4, 0.5) is 0 Å². The molecule has 0 spiro atoms. The van der Waals surface area contributed by atoms with E-state index in [9.17, 15) is 5.11 Å². The second-order valence-corrected chi connectivity index (χ2v) is 4.01. The maximum atomic E-state index is 9.19. The van der Waals surface area contributed by atoms with Crippen LogP contribution in [-0.4, -0.2) is 12.2 Å². The summed E-state index contributed by atoms with van der Waals surface area (Å²) < 4.78 is 5.19. The molecule has 1 aliphatic rings. The lowest BCUT2D eigenvalue weighted by Gasteiger charge is -2.13. The van der Waals surface area contributed by atoms with Gasteiger partial charge in [0.15, 0.2) is 0 Å². The number of ether oxygens (including phenoxy) is 1. The molecule has 2 heteroatoms. The van der Waals surface area contributed by atoms with E-state index in [1.54, 1.807) is 19.2 Å². The highest BCUT2D eigenvalue weighted by atomic mass is 16.5. The third-order valence-corrected chi connectivity index (χ3v) is 2.83. The molecule has 1 N–H and O–H groups in total. The maximum Gasteiger partial charge on any atom is 0.115 e. The second-order valence-electron chi connectivity index (χ2n) is 4.01. The molecule has 0 amide bonds. The van der Waals surface area contributed by atoms with E-state index in [-0.39, 0.29) is 0 Å². The van der Waals surface area contributed by atoms with Gasteiger partial charge in [-0.2, -0.15) is 0 Å². The SMILES string of the molecule is COC1=CC=C(Cc2ccc(O)cc2)CC1. The van der Waals surface area contributed by atoms with Crippen molar-refractivity contribution in [2.24, 2.45) is 0 Å². The minimum atomic E-state index is 0.322. The van der Waals surface area contributed by atoms with Crippen LogP contribution < -0.4 is 0 Å². The van der Waals surface area contributed by atoms with Crippen molar-refractivity contribution >= 4 is 0 Å². The van der Waals surface area contributed by atoms with Crippen molar-refractivity contribution in [2.75, 3.05) is 7.11 Å². The van der Waals surface area contributed by atoms with Crippen molar-refractivity contribution in [3.63, 3.8) is 0 Å². The fourth-order valence-electron chi connectivity index (χ4n) is 1.85. The van der Waals surface area contributed by atoms with Crippen LogP contribution >= 0.6 is 0 Å². The van der Waals surface area contributed by atoms with E-state index in [1.807, 2.05) is 18.2 Å². The third-order valence-electron chi connectivity index (χ3n) is 2.83. The van der Waals surface area contributed by atoms with Gasteiger partial charge in [-0.15, -0.1) is 0 Å². The topological polar surface area (TPSA) is 29.5 Å². The molecule has 1 aromatic carbocycles. The molecule has 0 unspecified atom stereocenters. The lowest BCUT2D eigenvalue weighted by atomic mass is 9.97. The van der Waals surface area contributed by atoms with Gasteiger partial charge in [-0.25, -0.2) is 0 Å². The van der Waals surface area contributed by atoms with E-state index in [0.717, 1.165) is 25.0 Å². The number of benzene rings is 1. The molecule has 0 radical (unpaired) electrons. The largest absolute Gasteiger partial charge is 0.508 e. The molecule has 84 valence electrons. The van der Waals surface area contributed by atoms with Gasteiger partial charge in [0.05, 0.1) is 12.9 Å². The van der Waals surface area contributed by atoms with E-state index in [0.29, 0.717) is 5.75 Å². The molecule has 0 heterocycles. The molecule has 0 atom stereocenters. The van der Waals surface area contributed by atoms with Crippen LogP contribution in [0, 0.1) is 0 Å². The smallest absolute Gasteiger partial charge is 0.115 e. The van der Waals surface area contributed by atoms with Crippen LogP contribution in [-0.2, 0) is 11.2 Å². The average molecular weight is 216 g/mol. The van der Waals surface area contributed by atoms with Crippen LogP contribution in [0.15, 0.2) is 47.7 Å². The Labute approximate surface area is 95.9 Å². The van der Waals surface area contributed by atoms with Crippen LogP contribution in [0.1, 0.15) is 18.4 Å². The quantitative estimate of drug-likeness (QED) is 0.840. The monoisotopic (exact) mass is 216 g/mol. The highest BCUT2D eigenvalue weighted by Gasteiger charge is 2.07. The number of phenolic OH excluding ortho intramolecular Hbond substituents is 1. The van der Waals surface area contributed by atoms with Crippen molar-refractivity contribution in [1.29, 1.82) is 0 Å². The van der Waals surface area contributed by atoms with Gasteiger partial charge in [0.25, 0.3) is 0 Å². The summed E-state index contributed by atoms with van der Waals surface area (Å²) in [5.74, 6) is 1.37. The van der Waals surface area contributed by atoms with E-state index in [4.69, 9.17) is 4.74 Å². The fraction of sp³-hybridized carbons (Fsp3) is 0.286. The normalized spacial score (nSPS) is 15.3. The van der Waals surface area contributed by atoms with Crippen molar-refractivity contribution in [1.82, 2.24) is 0 Å². The van der Waals surface area contributed by atoms with E-state index in [2.05, 4.69) is 6.08 Å². The molecule has 2 rings (SSSR count). The van der Waals surface area contributed by atoms with Crippen molar-refractivity contribution in [2.45, 2.75) is 19.3 Å². The van der Waals surface area contributed by atoms with Gasteiger partial charge in [0.2, 0.25) is 0 Å². The molecular formula is C14H16O2. The number of hydrogen-bond acceptors (Lipinski definition) is 2. The third kappa shape index (κ3) is 2.66. The summed E-state index contributed by atoms with van der Waals surface area (Å²) in [5.41, 5.74) is 2.64. The summed E-state index contributed by atoms with van der Waals surface area (Å²) in [7, 11) is 1.71. The van der Waals surface area contributed by atoms with Crippen LogP contribution in [0.25, 0.3) is 0 Å². The molecule has 0 saturated carbocycles. The Balaban J connectivity index is 2.03. The van der Waals surface area contributed by atoms with Gasteiger partial charge in [-0.3, -0.25) is 0 Å². The summed E-state index contributed by atoms with van der Waals surface area (Å²) in [6.45, 7) is 0. The van der Waals surface area contributed by atoms with Crippen molar-refractivity contribution in [3.05, 3.63) is 53.3 Å². The highest BCUT2D eigenvalue weighted by Crippen LogP contribution is 2.22. The molecule has 0 fully saturated rings. The van der Waals surface area contributed by atoms with Gasteiger partial charge in [-0.05, 0) is 36.6 Å². The molecule has 2 nitrogen and oxygen atoms in total. The zero-order valence-corrected chi connectivity index (χ0v) is 9.44. The first-order valence-electron chi connectivity index (χ1n) is 5.48. The summed E-state index contributed by atoms with van der Waals surface area (Å²) in [4.78, 5) is 0. The molecule has 0 bridgehead atoms. The molecule has 0 aromatic heterocycles. The Morgan fingerprint density at radius 2 is 1.88 bits per heavy atom. The molecule has 0 saturated heterocycles. The number of phenols is 1. The predicted molar refractivity (Wildman–Crippen MR) is 64.2 cm³/mol. The number of aromatic hydroxyl groups is 1. The number of allylic oxidation sites excluding steroid dienone is 4. The van der Waals surface area contributed by atoms with E-state index < -0.39 is 0 Å². The molecule has 1 aromatic rings. The Hall–Kier alpha value is -1.70. The molecule has 16 heavy (non-hydrogen) atoms. The Morgan fingerprint density at radius 1 is 1.12 bits per heavy atom. The highest BCUT2D eigenvalue weighted by molar-refractivity contribution is 5.31. The van der Waals surface area contributed by atoms with Crippen molar-refractivity contribution < 1.29 is 9.84 Å². The van der Waals surface area contributed by atoms with Gasteiger partial charge < -0.3 is 9.84 Å². The Kier molecular flexibility index (Phi) is 3.30. The van der Waals surface area contributed by atoms with E-state index >= 15 is 0 Å². The number of hydrogen-bond donors (Lipinski definition) is 1. The number of rotatable bonds is 3. The average Bonchev–Trinajstić information content (AvgIpc) is 2.33. The lowest BCUT2D eigenvalue weighted by Crippen LogP contribution is -1.98. The first-order chi connectivity index (χ1) is 7.78. The first kappa shape index (κ1) is 10.8. The van der Waals surface area contributed by atoms with Gasteiger partial charge in [-0.1, -0.05) is 23.8 Å². The first-order valence-corrected chi connectivity index (χ1v) is 5.48. The van der Waals surface area contributed by atoms with Crippen molar-refractivity contribution in [3.8, 4) is 5.75 Å². The summed E-state index contributed by atoms with van der Waals surface area (Å²) in [5, 5.41) is 9.19. The molecular weight excluding hydrogens is 200 g/mol.